The van der Waals surface area contributed by atoms with Crippen molar-refractivity contribution < 1.29 is 4.79 Å². The Morgan fingerprint density at radius 3 is 2.93 bits per heavy atom. The number of amides is 1. The minimum Gasteiger partial charge on any atom is -0.353 e. The van der Waals surface area contributed by atoms with Crippen LogP contribution >= 0.6 is 12.2 Å². The van der Waals surface area contributed by atoms with Crippen LogP contribution in [0.25, 0.3) is 0 Å². The zero-order valence-corrected chi connectivity index (χ0v) is 9.61. The lowest BCUT2D eigenvalue weighted by Gasteiger charge is -2.17. The first-order valence-electron chi connectivity index (χ1n) is 5.53. The third-order valence-electron chi connectivity index (χ3n) is 2.98. The van der Waals surface area contributed by atoms with Crippen molar-refractivity contribution in [2.75, 3.05) is 13.1 Å². The topological polar surface area (TPSA) is 32.3 Å². The molecule has 0 radical (unpaired) electrons. The second-order valence-corrected chi connectivity index (χ2v) is 4.45. The van der Waals surface area contributed by atoms with Gasteiger partial charge < -0.3 is 5.32 Å². The summed E-state index contributed by atoms with van der Waals surface area (Å²) in [6, 6.07) is 0. The van der Waals surface area contributed by atoms with Crippen LogP contribution in [0.4, 0.5) is 0 Å². The largest absolute Gasteiger partial charge is 0.353 e. The van der Waals surface area contributed by atoms with Crippen LogP contribution in [-0.2, 0) is 4.79 Å². The maximum absolute atomic E-state index is 11.4. The fraction of sp³-hybridized carbons (Fsp3) is 0.636. The molecule has 3 nitrogen and oxygen atoms in total. The van der Waals surface area contributed by atoms with E-state index in [0.29, 0.717) is 11.7 Å². The number of hydrogen-bond donors (Lipinski definition) is 1. The molecular weight excluding hydrogens is 208 g/mol. The van der Waals surface area contributed by atoms with Crippen molar-refractivity contribution in [3.05, 3.63) is 11.6 Å². The summed E-state index contributed by atoms with van der Waals surface area (Å²) in [5.74, 6) is 0.108. The zero-order valence-electron chi connectivity index (χ0n) is 8.79. The molecular formula is C11H16N2OS. The molecule has 1 aliphatic heterocycles. The highest BCUT2D eigenvalue weighted by Gasteiger charge is 2.24. The highest BCUT2D eigenvalue weighted by Crippen LogP contribution is 2.20. The summed E-state index contributed by atoms with van der Waals surface area (Å²) in [5, 5.41) is 3.49. The summed E-state index contributed by atoms with van der Waals surface area (Å²) in [7, 11) is 0. The quantitative estimate of drug-likeness (QED) is 0.583. The molecule has 82 valence electrons. The van der Waals surface area contributed by atoms with E-state index in [1.165, 1.54) is 31.3 Å². The fourth-order valence-corrected chi connectivity index (χ4v) is 2.33. The fourth-order valence-electron chi connectivity index (χ4n) is 2.07. The first kappa shape index (κ1) is 10.6. The molecule has 1 aliphatic carbocycles. The van der Waals surface area contributed by atoms with Gasteiger partial charge in [-0.15, -0.1) is 0 Å². The number of carbonyl (C=O) groups excluding carboxylic acids is 1. The summed E-state index contributed by atoms with van der Waals surface area (Å²) in [4.78, 5) is 13.1. The van der Waals surface area contributed by atoms with Gasteiger partial charge in [-0.1, -0.05) is 11.6 Å². The number of nitrogens with one attached hydrogen (secondary N) is 1. The van der Waals surface area contributed by atoms with Crippen LogP contribution in [-0.4, -0.2) is 29.0 Å². The molecule has 2 rings (SSSR count). The van der Waals surface area contributed by atoms with Gasteiger partial charge in [0.05, 0.1) is 6.54 Å². The van der Waals surface area contributed by atoms with E-state index < -0.39 is 0 Å². The second-order valence-electron chi connectivity index (χ2n) is 4.06. The molecule has 1 amide bonds. The number of rotatable bonds is 3. The van der Waals surface area contributed by atoms with E-state index in [9.17, 15) is 4.79 Å². The highest BCUT2D eigenvalue weighted by atomic mass is 32.1. The van der Waals surface area contributed by atoms with Crippen LogP contribution < -0.4 is 5.32 Å². The molecule has 2 aliphatic rings. The van der Waals surface area contributed by atoms with Crippen molar-refractivity contribution in [2.45, 2.75) is 32.1 Å². The minimum absolute atomic E-state index is 0.108. The predicted octanol–water partition coefficient (Wildman–Crippen LogP) is 1.59. The third-order valence-corrected chi connectivity index (χ3v) is 3.34. The van der Waals surface area contributed by atoms with E-state index in [0.717, 1.165) is 13.0 Å². The van der Waals surface area contributed by atoms with Crippen molar-refractivity contribution in [2.24, 2.45) is 0 Å². The lowest BCUT2D eigenvalue weighted by molar-refractivity contribution is -0.124. The van der Waals surface area contributed by atoms with Gasteiger partial charge in [-0.3, -0.25) is 9.69 Å². The van der Waals surface area contributed by atoms with Crippen LogP contribution in [0.15, 0.2) is 11.6 Å². The summed E-state index contributed by atoms with van der Waals surface area (Å²) in [6.45, 7) is 1.12. The Bertz CT molecular complexity index is 296. The Morgan fingerprint density at radius 2 is 2.33 bits per heavy atom. The molecule has 1 fully saturated rings. The lowest BCUT2D eigenvalue weighted by atomic mass is 9.97. The highest BCUT2D eigenvalue weighted by molar-refractivity contribution is 7.80. The normalized spacial score (nSPS) is 21.6. The van der Waals surface area contributed by atoms with Gasteiger partial charge in [0, 0.05) is 6.54 Å². The maximum Gasteiger partial charge on any atom is 0.248 e. The average molecular weight is 224 g/mol. The summed E-state index contributed by atoms with van der Waals surface area (Å²) in [6.07, 6.45) is 8.30. The molecule has 0 saturated carbocycles. The molecule has 1 N–H and O–H groups in total. The standard InChI is InChI=1S/C11H16N2OS/c14-10-8-12-11(15)13(10)7-6-9-4-2-1-3-5-9/h4H,1-3,5-8H2,(H,12,15). The van der Waals surface area contributed by atoms with Gasteiger partial charge in [0.2, 0.25) is 5.91 Å². The third kappa shape index (κ3) is 2.56. The molecule has 0 aromatic carbocycles. The lowest BCUT2D eigenvalue weighted by Crippen LogP contribution is -2.31. The number of nitrogens with zero attached hydrogens (tertiary/aromatic N) is 1. The van der Waals surface area contributed by atoms with Crippen LogP contribution in [0.5, 0.6) is 0 Å². The second kappa shape index (κ2) is 4.75. The molecule has 0 spiro atoms. The van der Waals surface area contributed by atoms with E-state index in [1.54, 1.807) is 4.90 Å². The molecule has 1 heterocycles. The average Bonchev–Trinajstić information content (AvgIpc) is 2.58. The first-order valence-corrected chi connectivity index (χ1v) is 5.94. The Balaban J connectivity index is 1.84. The molecule has 0 aromatic rings. The van der Waals surface area contributed by atoms with Crippen molar-refractivity contribution in [3.63, 3.8) is 0 Å². The monoisotopic (exact) mass is 224 g/mol. The zero-order chi connectivity index (χ0) is 10.7. The van der Waals surface area contributed by atoms with Crippen molar-refractivity contribution in [3.8, 4) is 0 Å². The van der Waals surface area contributed by atoms with E-state index in [1.807, 2.05) is 0 Å². The van der Waals surface area contributed by atoms with Crippen molar-refractivity contribution in [1.82, 2.24) is 10.2 Å². The van der Waals surface area contributed by atoms with Crippen LogP contribution in [0.3, 0.4) is 0 Å². The Labute approximate surface area is 95.5 Å². The number of carbonyl (C=O) groups is 1. The van der Waals surface area contributed by atoms with E-state index in [2.05, 4.69) is 11.4 Å². The number of allylic oxidation sites excluding steroid dienone is 1. The first-order chi connectivity index (χ1) is 7.27. The summed E-state index contributed by atoms with van der Waals surface area (Å²) in [5.41, 5.74) is 1.49. The molecule has 15 heavy (non-hydrogen) atoms. The Hall–Kier alpha value is -0.900. The SMILES string of the molecule is O=C1CNC(=S)N1CCC1=CCCCC1. The van der Waals surface area contributed by atoms with Gasteiger partial charge in [0.25, 0.3) is 0 Å². The van der Waals surface area contributed by atoms with Crippen molar-refractivity contribution >= 4 is 23.2 Å². The number of thiocarbonyl (C=S) groups is 1. The predicted molar refractivity (Wildman–Crippen MR) is 63.5 cm³/mol. The van der Waals surface area contributed by atoms with Crippen LogP contribution in [0.2, 0.25) is 0 Å². The molecule has 0 unspecified atom stereocenters. The van der Waals surface area contributed by atoms with Gasteiger partial charge in [-0.25, -0.2) is 0 Å². The van der Waals surface area contributed by atoms with E-state index in [4.69, 9.17) is 12.2 Å². The summed E-state index contributed by atoms with van der Waals surface area (Å²) < 4.78 is 0. The van der Waals surface area contributed by atoms with Gasteiger partial charge >= 0.3 is 0 Å². The van der Waals surface area contributed by atoms with Crippen molar-refractivity contribution in [1.29, 1.82) is 0 Å². The van der Waals surface area contributed by atoms with Gasteiger partial charge in [0.1, 0.15) is 0 Å². The number of hydrogen-bond acceptors (Lipinski definition) is 2. The molecule has 0 atom stereocenters. The van der Waals surface area contributed by atoms with Crippen LogP contribution in [0, 0.1) is 0 Å². The van der Waals surface area contributed by atoms with Gasteiger partial charge in [-0.05, 0) is 44.3 Å². The Kier molecular flexibility index (Phi) is 3.36. The smallest absolute Gasteiger partial charge is 0.248 e. The molecule has 0 aromatic heterocycles. The molecule has 1 saturated heterocycles. The molecule has 0 bridgehead atoms. The van der Waals surface area contributed by atoms with Crippen LogP contribution in [0.1, 0.15) is 32.1 Å². The molecule has 4 heteroatoms. The van der Waals surface area contributed by atoms with E-state index >= 15 is 0 Å². The summed E-state index contributed by atoms with van der Waals surface area (Å²) >= 11 is 5.06. The van der Waals surface area contributed by atoms with Gasteiger partial charge in [0.15, 0.2) is 5.11 Å². The van der Waals surface area contributed by atoms with Gasteiger partial charge in [-0.2, -0.15) is 0 Å². The van der Waals surface area contributed by atoms with E-state index in [-0.39, 0.29) is 5.91 Å². The maximum atomic E-state index is 11.4. The minimum atomic E-state index is 0.108. The Morgan fingerprint density at radius 1 is 1.47 bits per heavy atom.